The zero-order valence-electron chi connectivity index (χ0n) is 15.9. The van der Waals surface area contributed by atoms with Crippen molar-refractivity contribution in [1.29, 1.82) is 0 Å². The summed E-state index contributed by atoms with van der Waals surface area (Å²) < 4.78 is 0. The molecule has 5 nitrogen and oxygen atoms in total. The lowest BCUT2D eigenvalue weighted by Crippen LogP contribution is -2.29. The summed E-state index contributed by atoms with van der Waals surface area (Å²) >= 11 is 6.17. The number of rotatable bonds is 4. The summed E-state index contributed by atoms with van der Waals surface area (Å²) in [5.41, 5.74) is 5.04. The van der Waals surface area contributed by atoms with E-state index in [9.17, 15) is 0 Å². The lowest BCUT2D eigenvalue weighted by molar-refractivity contribution is 0.172. The number of nitrogens with zero attached hydrogens (tertiary/aromatic N) is 4. The summed E-state index contributed by atoms with van der Waals surface area (Å²) in [6.07, 6.45) is 1.82. The molecule has 0 saturated heterocycles. The molecule has 144 valence electrons. The Labute approximate surface area is 174 Å². The number of benzene rings is 2. The van der Waals surface area contributed by atoms with Gasteiger partial charge in [0.05, 0.1) is 18.3 Å². The number of hydrogen-bond donors (Lipinski definition) is 0. The number of pyridine rings is 2. The highest BCUT2D eigenvalue weighted by Crippen LogP contribution is 2.37. The van der Waals surface area contributed by atoms with Crippen molar-refractivity contribution in [3.05, 3.63) is 83.5 Å². The maximum atomic E-state index is 6.17. The van der Waals surface area contributed by atoms with E-state index in [2.05, 4.69) is 34.1 Å². The Morgan fingerprint density at radius 2 is 1.97 bits per heavy atom. The third-order valence-electron chi connectivity index (χ3n) is 5.10. The zero-order valence-corrected chi connectivity index (χ0v) is 16.7. The van der Waals surface area contributed by atoms with Crippen LogP contribution in [0.1, 0.15) is 5.56 Å². The average molecular weight is 403 g/mol. The first-order valence-corrected chi connectivity index (χ1v) is 9.76. The molecule has 0 fully saturated rings. The Bertz CT molecular complexity index is 1200. The minimum atomic E-state index is 0.614. The predicted molar refractivity (Wildman–Crippen MR) is 117 cm³/mol. The highest BCUT2D eigenvalue weighted by atomic mass is 35.5. The van der Waals surface area contributed by atoms with Crippen LogP contribution in [-0.4, -0.2) is 23.7 Å². The topological polar surface area (TPSA) is 41.5 Å². The third kappa shape index (κ3) is 3.39. The first-order valence-electron chi connectivity index (χ1n) is 9.38. The molecule has 0 amide bonds. The van der Waals surface area contributed by atoms with Gasteiger partial charge >= 0.3 is 0 Å². The third-order valence-corrected chi connectivity index (χ3v) is 5.34. The molecule has 29 heavy (non-hydrogen) atoms. The molecule has 2 aromatic carbocycles. The van der Waals surface area contributed by atoms with Gasteiger partial charge < -0.3 is 4.90 Å². The van der Waals surface area contributed by atoms with Crippen molar-refractivity contribution < 1.29 is 4.84 Å². The smallest absolute Gasteiger partial charge is 0.157 e. The summed E-state index contributed by atoms with van der Waals surface area (Å²) in [6.45, 7) is 1.34. The van der Waals surface area contributed by atoms with Gasteiger partial charge in [-0.1, -0.05) is 35.9 Å². The van der Waals surface area contributed by atoms with Crippen LogP contribution in [0.4, 0.5) is 11.5 Å². The molecule has 3 heterocycles. The van der Waals surface area contributed by atoms with Crippen LogP contribution in [0, 0.1) is 0 Å². The van der Waals surface area contributed by atoms with Crippen LogP contribution < -0.4 is 9.96 Å². The highest BCUT2D eigenvalue weighted by Gasteiger charge is 2.28. The van der Waals surface area contributed by atoms with E-state index in [1.807, 2.05) is 53.7 Å². The van der Waals surface area contributed by atoms with Crippen LogP contribution in [0.25, 0.3) is 22.2 Å². The van der Waals surface area contributed by atoms with Gasteiger partial charge in [-0.25, -0.2) is 10.0 Å². The van der Waals surface area contributed by atoms with Crippen molar-refractivity contribution in [3.63, 3.8) is 0 Å². The van der Waals surface area contributed by atoms with Crippen molar-refractivity contribution in [2.24, 2.45) is 0 Å². The van der Waals surface area contributed by atoms with Gasteiger partial charge in [0, 0.05) is 28.7 Å². The normalized spacial score (nSPS) is 13.2. The van der Waals surface area contributed by atoms with Gasteiger partial charge in [0.15, 0.2) is 5.82 Å². The Morgan fingerprint density at radius 1 is 1.03 bits per heavy atom. The number of hydroxylamine groups is 1. The van der Waals surface area contributed by atoms with Crippen LogP contribution in [-0.2, 0) is 11.4 Å². The van der Waals surface area contributed by atoms with Crippen LogP contribution in [0.2, 0.25) is 5.02 Å². The Kier molecular flexibility index (Phi) is 4.54. The first-order chi connectivity index (χ1) is 14.2. The van der Waals surface area contributed by atoms with Crippen LogP contribution in [0.15, 0.2) is 72.9 Å². The lowest BCUT2D eigenvalue weighted by atomic mass is 10.1. The van der Waals surface area contributed by atoms with Crippen molar-refractivity contribution >= 4 is 34.0 Å². The molecule has 0 saturated carbocycles. The highest BCUT2D eigenvalue weighted by molar-refractivity contribution is 6.30. The number of aromatic nitrogens is 2. The predicted octanol–water partition coefficient (Wildman–Crippen LogP) is 5.30. The van der Waals surface area contributed by atoms with Gasteiger partial charge in [-0.3, -0.25) is 9.82 Å². The van der Waals surface area contributed by atoms with Gasteiger partial charge in [0.1, 0.15) is 12.4 Å². The van der Waals surface area contributed by atoms with Crippen LogP contribution in [0.3, 0.4) is 0 Å². The minimum absolute atomic E-state index is 0.614. The fourth-order valence-corrected chi connectivity index (χ4v) is 3.89. The largest absolute Gasteiger partial charge is 0.330 e. The van der Waals surface area contributed by atoms with Crippen molar-refractivity contribution in [2.45, 2.75) is 6.54 Å². The van der Waals surface area contributed by atoms with Gasteiger partial charge in [-0.15, -0.1) is 0 Å². The van der Waals surface area contributed by atoms with E-state index in [0.29, 0.717) is 11.7 Å². The van der Waals surface area contributed by atoms with Crippen LogP contribution in [0.5, 0.6) is 0 Å². The molecule has 0 spiro atoms. The minimum Gasteiger partial charge on any atom is -0.330 e. The number of halogens is 1. The summed E-state index contributed by atoms with van der Waals surface area (Å²) in [5.74, 6) is 0.899. The molecule has 0 aliphatic carbocycles. The van der Waals surface area contributed by atoms with E-state index in [-0.39, 0.29) is 0 Å². The molecule has 2 aromatic heterocycles. The van der Waals surface area contributed by atoms with E-state index >= 15 is 0 Å². The van der Waals surface area contributed by atoms with E-state index in [1.165, 1.54) is 5.56 Å². The van der Waals surface area contributed by atoms with E-state index in [4.69, 9.17) is 21.4 Å². The molecule has 6 heteroatoms. The fourth-order valence-electron chi connectivity index (χ4n) is 3.70. The van der Waals surface area contributed by atoms with Crippen molar-refractivity contribution in [2.75, 3.05) is 23.7 Å². The van der Waals surface area contributed by atoms with Gasteiger partial charge in [0.2, 0.25) is 0 Å². The molecule has 0 bridgehead atoms. The maximum absolute atomic E-state index is 6.17. The van der Waals surface area contributed by atoms with Gasteiger partial charge in [-0.05, 0) is 48.0 Å². The second-order valence-electron chi connectivity index (χ2n) is 6.98. The van der Waals surface area contributed by atoms with Crippen molar-refractivity contribution in [1.82, 2.24) is 9.97 Å². The molecule has 0 atom stereocenters. The van der Waals surface area contributed by atoms with Gasteiger partial charge in [-0.2, -0.15) is 0 Å². The molecule has 0 unspecified atom stereocenters. The summed E-state index contributed by atoms with van der Waals surface area (Å²) in [7, 11) is 1.68. The lowest BCUT2D eigenvalue weighted by Gasteiger charge is -2.19. The molecular weight excluding hydrogens is 384 g/mol. The molecule has 1 aliphatic heterocycles. The van der Waals surface area contributed by atoms with Crippen molar-refractivity contribution in [3.8, 4) is 11.3 Å². The molecular formula is C23H19ClN4O. The fraction of sp³-hybridized carbons (Fsp3) is 0.130. The molecule has 5 rings (SSSR count). The Morgan fingerprint density at radius 3 is 2.83 bits per heavy atom. The average Bonchev–Trinajstić information content (AvgIpc) is 3.10. The SMILES string of the molecule is CON1CN(Cc2ccc3ncccc3c2)c2nc(-c3cccc(Cl)c3)ccc21. The molecule has 4 aromatic rings. The summed E-state index contributed by atoms with van der Waals surface area (Å²) in [6, 6.07) is 22.2. The van der Waals surface area contributed by atoms with E-state index in [0.717, 1.165) is 40.2 Å². The standard InChI is InChI=1S/C23H19ClN4O/c1-29-28-15-27(14-16-7-8-20-17(12-16)5-3-11-25-20)23-22(28)10-9-21(26-23)18-4-2-6-19(24)13-18/h2-13H,14-15H2,1H3. The number of fused-ring (bicyclic) bond motifs is 2. The zero-order chi connectivity index (χ0) is 19.8. The van der Waals surface area contributed by atoms with E-state index in [1.54, 1.807) is 7.11 Å². The maximum Gasteiger partial charge on any atom is 0.157 e. The second kappa shape index (κ2) is 7.35. The quantitative estimate of drug-likeness (QED) is 0.463. The molecule has 1 aliphatic rings. The molecule has 0 N–H and O–H groups in total. The monoisotopic (exact) mass is 402 g/mol. The number of hydrogen-bond acceptors (Lipinski definition) is 5. The van der Waals surface area contributed by atoms with Crippen LogP contribution >= 0.6 is 11.6 Å². The first kappa shape index (κ1) is 17.9. The second-order valence-corrected chi connectivity index (χ2v) is 7.42. The Hall–Kier alpha value is -3.15. The molecule has 0 radical (unpaired) electrons. The Balaban J connectivity index is 1.51. The summed E-state index contributed by atoms with van der Waals surface area (Å²) in [4.78, 5) is 17.1. The number of anilines is 2. The van der Waals surface area contributed by atoms with E-state index < -0.39 is 0 Å². The van der Waals surface area contributed by atoms with Gasteiger partial charge in [0.25, 0.3) is 0 Å². The summed E-state index contributed by atoms with van der Waals surface area (Å²) in [5, 5.41) is 3.69.